The van der Waals surface area contributed by atoms with Crippen molar-refractivity contribution in [1.82, 2.24) is 0 Å². The average Bonchev–Trinajstić information content (AvgIpc) is 2.17. The molecule has 0 radical (unpaired) electrons. The Hall–Kier alpha value is -0.920. The van der Waals surface area contributed by atoms with Gasteiger partial charge in [0.25, 0.3) is 0 Å². The Kier molecular flexibility index (Phi) is 7.17. The van der Waals surface area contributed by atoms with Crippen LogP contribution in [0.1, 0.15) is 39.5 Å². The minimum Gasteiger partial charge on any atom is -0.294 e. The number of carbonyl (C=O) groups excluding carboxylic acids is 2. The first-order valence-corrected chi connectivity index (χ1v) is 4.91. The monoisotopic (exact) mass is 182 g/mol. The molecule has 0 aliphatic rings. The Labute approximate surface area is 80.0 Å². The number of ketones is 1. The Morgan fingerprint density at radius 1 is 1.38 bits per heavy atom. The molecule has 0 aliphatic carbocycles. The quantitative estimate of drug-likeness (QED) is 0.344. The first-order chi connectivity index (χ1) is 6.24. The highest BCUT2D eigenvalue weighted by molar-refractivity contribution is 6.30. The summed E-state index contributed by atoms with van der Waals surface area (Å²) in [7, 11) is 0. The number of carbonyl (C=O) groups is 2. The minimum atomic E-state index is -0.435. The molecule has 0 heterocycles. The Balaban J connectivity index is 3.88. The topological polar surface area (TPSA) is 34.1 Å². The van der Waals surface area contributed by atoms with Gasteiger partial charge in [-0.15, -0.1) is 0 Å². The number of unbranched alkanes of at least 4 members (excludes halogenated alkanes) is 1. The summed E-state index contributed by atoms with van der Waals surface area (Å²) in [5.74, 6) is 0.0128. The molecule has 0 amide bonds. The molecule has 0 rings (SSSR count). The van der Waals surface area contributed by atoms with Crippen LogP contribution in [0.2, 0.25) is 0 Å². The molecule has 0 saturated carbocycles. The predicted octanol–water partition coefficient (Wildman–Crippen LogP) is 2.53. The average molecular weight is 182 g/mol. The second-order valence-corrected chi connectivity index (χ2v) is 3.19. The van der Waals surface area contributed by atoms with Gasteiger partial charge in [0.2, 0.25) is 5.78 Å². The van der Waals surface area contributed by atoms with Crippen molar-refractivity contribution in [3.05, 3.63) is 12.2 Å². The summed E-state index contributed by atoms with van der Waals surface area (Å²) in [6, 6.07) is 0. The fourth-order valence-electron chi connectivity index (χ4n) is 1.17. The fraction of sp³-hybridized carbons (Fsp3) is 0.636. The minimum absolute atomic E-state index is 0.350. The molecular weight excluding hydrogens is 164 g/mol. The second-order valence-electron chi connectivity index (χ2n) is 3.19. The van der Waals surface area contributed by atoms with E-state index in [0.29, 0.717) is 12.2 Å². The first kappa shape index (κ1) is 12.1. The third-order valence-corrected chi connectivity index (χ3v) is 2.10. The first-order valence-electron chi connectivity index (χ1n) is 4.91. The van der Waals surface area contributed by atoms with Crippen molar-refractivity contribution >= 4 is 12.1 Å². The van der Waals surface area contributed by atoms with Crippen LogP contribution in [0.5, 0.6) is 0 Å². The maximum Gasteiger partial charge on any atom is 0.217 e. The molecule has 0 bridgehead atoms. The van der Waals surface area contributed by atoms with Gasteiger partial charge in [0.05, 0.1) is 0 Å². The summed E-state index contributed by atoms with van der Waals surface area (Å²) >= 11 is 0. The summed E-state index contributed by atoms with van der Waals surface area (Å²) in [4.78, 5) is 20.7. The molecule has 74 valence electrons. The molecule has 2 heteroatoms. The molecule has 0 aromatic heterocycles. The lowest BCUT2D eigenvalue weighted by atomic mass is 9.98. The number of allylic oxidation sites excluding steroid dienone is 2. The number of rotatable bonds is 7. The van der Waals surface area contributed by atoms with Gasteiger partial charge in [-0.3, -0.25) is 9.59 Å². The highest BCUT2D eigenvalue weighted by atomic mass is 16.2. The molecule has 0 fully saturated rings. The van der Waals surface area contributed by atoms with Gasteiger partial charge in [-0.25, -0.2) is 0 Å². The Morgan fingerprint density at radius 2 is 2.08 bits per heavy atom. The van der Waals surface area contributed by atoms with Crippen LogP contribution < -0.4 is 0 Å². The van der Waals surface area contributed by atoms with Gasteiger partial charge in [0.1, 0.15) is 0 Å². The molecule has 1 unspecified atom stereocenters. The van der Waals surface area contributed by atoms with Crippen molar-refractivity contribution in [2.24, 2.45) is 5.92 Å². The predicted molar refractivity (Wildman–Crippen MR) is 53.5 cm³/mol. The summed E-state index contributed by atoms with van der Waals surface area (Å²) in [6.07, 6.45) is 8.08. The largest absolute Gasteiger partial charge is 0.294 e. The SMILES string of the molecule is CCCCC(C=CC(=O)C=O)CC. The van der Waals surface area contributed by atoms with E-state index in [0.717, 1.165) is 12.8 Å². The zero-order valence-corrected chi connectivity index (χ0v) is 8.45. The van der Waals surface area contributed by atoms with Crippen LogP contribution in [0.4, 0.5) is 0 Å². The molecule has 0 aromatic carbocycles. The van der Waals surface area contributed by atoms with Crippen molar-refractivity contribution in [2.45, 2.75) is 39.5 Å². The van der Waals surface area contributed by atoms with Crippen LogP contribution in [0, 0.1) is 5.92 Å². The number of aldehydes is 1. The lowest BCUT2D eigenvalue weighted by Crippen LogP contribution is -1.98. The molecule has 0 aliphatic heterocycles. The van der Waals surface area contributed by atoms with Crippen LogP contribution in [-0.4, -0.2) is 12.1 Å². The van der Waals surface area contributed by atoms with Gasteiger partial charge >= 0.3 is 0 Å². The Bertz CT molecular complexity index is 183. The third kappa shape index (κ3) is 6.26. The molecule has 0 N–H and O–H groups in total. The molecule has 0 spiro atoms. The van der Waals surface area contributed by atoms with Crippen molar-refractivity contribution in [2.75, 3.05) is 0 Å². The summed E-state index contributed by atoms with van der Waals surface area (Å²) in [5.41, 5.74) is 0. The summed E-state index contributed by atoms with van der Waals surface area (Å²) in [5, 5.41) is 0. The zero-order chi connectivity index (χ0) is 10.1. The van der Waals surface area contributed by atoms with Crippen LogP contribution >= 0.6 is 0 Å². The van der Waals surface area contributed by atoms with Crippen LogP contribution in [0.15, 0.2) is 12.2 Å². The lowest BCUT2D eigenvalue weighted by Gasteiger charge is -2.07. The molecule has 1 atom stereocenters. The van der Waals surface area contributed by atoms with E-state index >= 15 is 0 Å². The van der Waals surface area contributed by atoms with E-state index in [1.54, 1.807) is 0 Å². The highest BCUT2D eigenvalue weighted by Gasteiger charge is 2.01. The zero-order valence-electron chi connectivity index (χ0n) is 8.45. The molecule has 0 aromatic rings. The normalized spacial score (nSPS) is 13.1. The van der Waals surface area contributed by atoms with Crippen molar-refractivity contribution < 1.29 is 9.59 Å². The van der Waals surface area contributed by atoms with E-state index in [1.165, 1.54) is 18.9 Å². The molecule has 2 nitrogen and oxygen atoms in total. The van der Waals surface area contributed by atoms with E-state index in [9.17, 15) is 9.59 Å². The smallest absolute Gasteiger partial charge is 0.217 e. The maximum atomic E-state index is 10.7. The van der Waals surface area contributed by atoms with Crippen molar-refractivity contribution in [3.8, 4) is 0 Å². The van der Waals surface area contributed by atoms with Gasteiger partial charge < -0.3 is 0 Å². The van der Waals surface area contributed by atoms with Crippen LogP contribution in [-0.2, 0) is 9.59 Å². The van der Waals surface area contributed by atoms with E-state index in [4.69, 9.17) is 0 Å². The van der Waals surface area contributed by atoms with Crippen LogP contribution in [0.3, 0.4) is 0 Å². The second kappa shape index (κ2) is 7.71. The molecular formula is C11H18O2. The van der Waals surface area contributed by atoms with Gasteiger partial charge in [-0.1, -0.05) is 32.8 Å². The molecule has 13 heavy (non-hydrogen) atoms. The number of hydrogen-bond acceptors (Lipinski definition) is 2. The summed E-state index contributed by atoms with van der Waals surface area (Å²) < 4.78 is 0. The van der Waals surface area contributed by atoms with Gasteiger partial charge in [0.15, 0.2) is 6.29 Å². The van der Waals surface area contributed by atoms with Crippen molar-refractivity contribution in [3.63, 3.8) is 0 Å². The van der Waals surface area contributed by atoms with E-state index in [2.05, 4.69) is 13.8 Å². The summed E-state index contributed by atoms with van der Waals surface area (Å²) in [6.45, 7) is 4.24. The number of hydrogen-bond donors (Lipinski definition) is 0. The molecule has 0 saturated heterocycles. The van der Waals surface area contributed by atoms with E-state index in [1.807, 2.05) is 6.08 Å². The van der Waals surface area contributed by atoms with E-state index in [-0.39, 0.29) is 0 Å². The third-order valence-electron chi connectivity index (χ3n) is 2.10. The fourth-order valence-corrected chi connectivity index (χ4v) is 1.17. The van der Waals surface area contributed by atoms with E-state index < -0.39 is 5.78 Å². The van der Waals surface area contributed by atoms with Gasteiger partial charge in [0, 0.05) is 0 Å². The van der Waals surface area contributed by atoms with Gasteiger partial charge in [-0.2, -0.15) is 0 Å². The Morgan fingerprint density at radius 3 is 2.54 bits per heavy atom. The van der Waals surface area contributed by atoms with Crippen LogP contribution in [0.25, 0.3) is 0 Å². The lowest BCUT2D eigenvalue weighted by molar-refractivity contribution is -0.126. The van der Waals surface area contributed by atoms with Crippen molar-refractivity contribution in [1.29, 1.82) is 0 Å². The maximum absolute atomic E-state index is 10.7. The van der Waals surface area contributed by atoms with Gasteiger partial charge in [-0.05, 0) is 24.8 Å². The standard InChI is InChI=1S/C11H18O2/c1-3-5-6-10(4-2)7-8-11(13)9-12/h7-10H,3-6H2,1-2H3. The highest BCUT2D eigenvalue weighted by Crippen LogP contribution is 2.13.